The van der Waals surface area contributed by atoms with Crippen LogP contribution in [-0.2, 0) is 9.59 Å². The zero-order valence-corrected chi connectivity index (χ0v) is 17.8. The number of carbonyl (C=O) groups excluding carboxylic acids is 2. The third kappa shape index (κ3) is 3.37. The van der Waals surface area contributed by atoms with Gasteiger partial charge < -0.3 is 0 Å². The lowest BCUT2D eigenvalue weighted by atomic mass is 9.77. The Morgan fingerprint density at radius 1 is 0.969 bits per heavy atom. The van der Waals surface area contributed by atoms with Crippen molar-refractivity contribution in [2.45, 2.75) is 31.6 Å². The number of hydrogen-bond donors (Lipinski definition) is 0. The molecule has 1 aliphatic carbocycles. The Balaban J connectivity index is 1.64. The fourth-order valence-electron chi connectivity index (χ4n) is 4.77. The van der Waals surface area contributed by atoms with Gasteiger partial charge in [0, 0.05) is 42.2 Å². The van der Waals surface area contributed by atoms with E-state index in [-0.39, 0.29) is 34.7 Å². The van der Waals surface area contributed by atoms with Crippen LogP contribution < -0.4 is 4.90 Å². The highest BCUT2D eigenvalue weighted by Crippen LogP contribution is 2.45. The average Bonchev–Trinajstić information content (AvgIpc) is 2.79. The molecular weight excluding hydrogens is 428 g/mol. The zero-order valence-electron chi connectivity index (χ0n) is 17.1. The SMILES string of the molecule is O=C1CCCC2=C1C(c1ccc3ccccc3c1)CC(=O)N2c1ccc([N+](=O)[O-])cc1Cl. The van der Waals surface area contributed by atoms with Crippen LogP contribution >= 0.6 is 11.6 Å². The number of nitro groups is 1. The van der Waals surface area contributed by atoms with Crippen LogP contribution in [0.25, 0.3) is 10.8 Å². The molecule has 6 nitrogen and oxygen atoms in total. The van der Waals surface area contributed by atoms with Gasteiger partial charge in [0.25, 0.3) is 5.69 Å². The van der Waals surface area contributed by atoms with Crippen molar-refractivity contribution in [2.24, 2.45) is 0 Å². The summed E-state index contributed by atoms with van der Waals surface area (Å²) in [6, 6.07) is 18.1. The van der Waals surface area contributed by atoms with Crippen molar-refractivity contribution >= 4 is 45.4 Å². The molecule has 5 rings (SSSR count). The maximum atomic E-state index is 13.4. The Labute approximate surface area is 189 Å². The molecule has 0 fully saturated rings. The summed E-state index contributed by atoms with van der Waals surface area (Å²) in [5.74, 6) is -0.449. The number of nitrogens with zero attached hydrogens (tertiary/aromatic N) is 2. The smallest absolute Gasteiger partial charge is 0.271 e. The van der Waals surface area contributed by atoms with Gasteiger partial charge in [0.1, 0.15) is 0 Å². The third-order valence-electron chi connectivity index (χ3n) is 6.23. The Kier molecular flexibility index (Phi) is 5.02. The van der Waals surface area contributed by atoms with E-state index in [0.717, 1.165) is 16.3 Å². The highest BCUT2D eigenvalue weighted by Gasteiger charge is 2.40. The minimum atomic E-state index is -0.529. The molecule has 160 valence electrons. The van der Waals surface area contributed by atoms with Gasteiger partial charge in [-0.05, 0) is 35.2 Å². The number of non-ortho nitro benzene ring substituents is 1. The fraction of sp³-hybridized carbons (Fsp3) is 0.200. The Morgan fingerprint density at radius 2 is 1.75 bits per heavy atom. The van der Waals surface area contributed by atoms with Crippen LogP contribution in [0.15, 0.2) is 71.9 Å². The minimum Gasteiger partial charge on any atom is -0.294 e. The summed E-state index contributed by atoms with van der Waals surface area (Å²) >= 11 is 6.35. The second-order valence-electron chi connectivity index (χ2n) is 8.12. The van der Waals surface area contributed by atoms with Gasteiger partial charge in [0.2, 0.25) is 5.91 Å². The molecule has 2 aliphatic rings. The van der Waals surface area contributed by atoms with Gasteiger partial charge in [0.05, 0.1) is 15.6 Å². The van der Waals surface area contributed by atoms with Crippen LogP contribution in [0, 0.1) is 10.1 Å². The Bertz CT molecular complexity index is 1330. The summed E-state index contributed by atoms with van der Waals surface area (Å²) in [6.07, 6.45) is 1.80. The maximum absolute atomic E-state index is 13.4. The van der Waals surface area contributed by atoms with Crippen LogP contribution in [0.4, 0.5) is 11.4 Å². The molecule has 0 bridgehead atoms. The quantitative estimate of drug-likeness (QED) is 0.369. The van der Waals surface area contributed by atoms with E-state index >= 15 is 0 Å². The summed E-state index contributed by atoms with van der Waals surface area (Å²) in [6.45, 7) is 0. The number of nitro benzene ring substituents is 1. The molecule has 1 atom stereocenters. The van der Waals surface area contributed by atoms with Crippen molar-refractivity contribution in [2.75, 3.05) is 4.90 Å². The fourth-order valence-corrected chi connectivity index (χ4v) is 5.03. The van der Waals surface area contributed by atoms with Gasteiger partial charge in [-0.25, -0.2) is 0 Å². The molecule has 0 aromatic heterocycles. The largest absolute Gasteiger partial charge is 0.294 e. The molecule has 0 spiro atoms. The molecule has 3 aromatic rings. The van der Waals surface area contributed by atoms with Gasteiger partial charge >= 0.3 is 0 Å². The van der Waals surface area contributed by atoms with E-state index < -0.39 is 4.92 Å². The molecule has 3 aromatic carbocycles. The molecule has 0 saturated heterocycles. The number of ketones is 1. The first-order valence-corrected chi connectivity index (χ1v) is 10.8. The van der Waals surface area contributed by atoms with Crippen LogP contribution in [-0.4, -0.2) is 16.6 Å². The van der Waals surface area contributed by atoms with Crippen molar-refractivity contribution in [3.63, 3.8) is 0 Å². The van der Waals surface area contributed by atoms with Gasteiger partial charge in [-0.3, -0.25) is 24.6 Å². The van der Waals surface area contributed by atoms with E-state index in [0.29, 0.717) is 36.2 Å². The van der Waals surface area contributed by atoms with Crippen molar-refractivity contribution in [3.05, 3.63) is 92.6 Å². The molecular formula is C25H19ClN2O4. The van der Waals surface area contributed by atoms with Crippen molar-refractivity contribution in [1.29, 1.82) is 0 Å². The number of allylic oxidation sites excluding steroid dienone is 2. The number of carbonyl (C=O) groups is 2. The lowest BCUT2D eigenvalue weighted by Gasteiger charge is -2.38. The Morgan fingerprint density at radius 3 is 2.50 bits per heavy atom. The number of hydrogen-bond acceptors (Lipinski definition) is 4. The second-order valence-corrected chi connectivity index (χ2v) is 8.53. The van der Waals surface area contributed by atoms with E-state index in [2.05, 4.69) is 0 Å². The second kappa shape index (κ2) is 7.88. The number of rotatable bonds is 3. The molecule has 0 saturated carbocycles. The summed E-state index contributed by atoms with van der Waals surface area (Å²) in [5, 5.41) is 13.4. The molecule has 0 radical (unpaired) electrons. The average molecular weight is 447 g/mol. The number of Topliss-reactive ketones (excluding diaryl/α,β-unsaturated/α-hetero) is 1. The van der Waals surface area contributed by atoms with Gasteiger partial charge in [-0.2, -0.15) is 0 Å². The van der Waals surface area contributed by atoms with Gasteiger partial charge in [-0.15, -0.1) is 0 Å². The number of halogens is 1. The first kappa shape index (κ1) is 20.4. The Hall–Kier alpha value is -3.51. The number of anilines is 1. The molecule has 32 heavy (non-hydrogen) atoms. The van der Waals surface area contributed by atoms with E-state index in [1.807, 2.05) is 42.5 Å². The van der Waals surface area contributed by atoms with Crippen LogP contribution in [0.5, 0.6) is 0 Å². The van der Waals surface area contributed by atoms with Crippen molar-refractivity contribution in [1.82, 2.24) is 0 Å². The summed E-state index contributed by atoms with van der Waals surface area (Å²) in [4.78, 5) is 38.5. The van der Waals surface area contributed by atoms with Crippen LogP contribution in [0.2, 0.25) is 5.02 Å². The van der Waals surface area contributed by atoms with E-state index in [9.17, 15) is 19.7 Å². The lowest BCUT2D eigenvalue weighted by molar-refractivity contribution is -0.384. The summed E-state index contributed by atoms with van der Waals surface area (Å²) in [7, 11) is 0. The van der Waals surface area contributed by atoms with E-state index in [4.69, 9.17) is 11.6 Å². The molecule has 1 heterocycles. The lowest BCUT2D eigenvalue weighted by Crippen LogP contribution is -2.40. The highest BCUT2D eigenvalue weighted by molar-refractivity contribution is 6.34. The first-order valence-electron chi connectivity index (χ1n) is 10.5. The zero-order chi connectivity index (χ0) is 22.4. The first-order chi connectivity index (χ1) is 15.4. The maximum Gasteiger partial charge on any atom is 0.271 e. The predicted octanol–water partition coefficient (Wildman–Crippen LogP) is 5.93. The van der Waals surface area contributed by atoms with E-state index in [1.165, 1.54) is 23.1 Å². The summed E-state index contributed by atoms with van der Waals surface area (Å²) in [5.41, 5.74) is 2.48. The van der Waals surface area contributed by atoms with Crippen LogP contribution in [0.3, 0.4) is 0 Å². The monoisotopic (exact) mass is 446 g/mol. The standard InChI is InChI=1S/C25H19ClN2O4/c26-20-13-18(28(31)32)10-11-21(20)27-22-6-3-7-23(29)25(22)19(14-24(27)30)17-9-8-15-4-1-2-5-16(15)12-17/h1-2,4-5,8-13,19H,3,6-7,14H2. The minimum absolute atomic E-state index is 0.0416. The molecule has 1 aliphatic heterocycles. The molecule has 1 unspecified atom stereocenters. The third-order valence-corrected chi connectivity index (χ3v) is 6.54. The van der Waals surface area contributed by atoms with E-state index in [1.54, 1.807) is 0 Å². The van der Waals surface area contributed by atoms with Crippen molar-refractivity contribution < 1.29 is 14.5 Å². The van der Waals surface area contributed by atoms with Gasteiger partial charge in [-0.1, -0.05) is 54.1 Å². The highest BCUT2D eigenvalue weighted by atomic mass is 35.5. The number of amides is 1. The molecule has 7 heteroatoms. The molecule has 1 amide bonds. The van der Waals surface area contributed by atoms with Gasteiger partial charge in [0.15, 0.2) is 5.78 Å². The normalized spacial score (nSPS) is 18.8. The topological polar surface area (TPSA) is 80.5 Å². The predicted molar refractivity (Wildman–Crippen MR) is 123 cm³/mol. The summed E-state index contributed by atoms with van der Waals surface area (Å²) < 4.78 is 0. The number of fused-ring (bicyclic) bond motifs is 1. The number of benzene rings is 3. The van der Waals surface area contributed by atoms with Crippen molar-refractivity contribution in [3.8, 4) is 0 Å². The molecule has 0 N–H and O–H groups in total. The van der Waals surface area contributed by atoms with Crippen LogP contribution in [0.1, 0.15) is 37.2 Å².